The molecule has 0 atom stereocenters. The van der Waals surface area contributed by atoms with Gasteiger partial charge in [0.15, 0.2) is 11.6 Å². The van der Waals surface area contributed by atoms with Crippen LogP contribution in [0.1, 0.15) is 119 Å². The van der Waals surface area contributed by atoms with Gasteiger partial charge in [0.1, 0.15) is 0 Å². The van der Waals surface area contributed by atoms with Gasteiger partial charge in [-0.15, -0.1) is 0 Å². The predicted octanol–water partition coefficient (Wildman–Crippen LogP) is 23.7. The highest BCUT2D eigenvalue weighted by molar-refractivity contribution is 6.28. The molecular formula is C80H74F2N2. The van der Waals surface area contributed by atoms with E-state index in [1.807, 2.05) is 146 Å². The van der Waals surface area contributed by atoms with Gasteiger partial charge in [-0.2, -0.15) is 0 Å². The standard InChI is InChI=1S/C80H74F2N2/c1-77(2,3)65-35-23-19-31-57(65)53-47-63(59-33-21-25-37-67(59)79(7,8)9)75(81)71(49-53)83(55-27-15-13-16-28-55)69-45-41-51-40-44-62-70(46-42-52-39-43-61(69)73(51)74(52)62)84(56-29-17-14-18-30-56)72-50-54(58-32-20-24-36-66(58)78(4,5)6)48-64(76(72)82)60-34-22-26-38-68(60)80(10,11)12/h13-50H,1-12H3/i13D,14D,15D,16D,17D,18D,27D,28D,29D,30D. The SMILES string of the molecule is [2H]c1c([2H])c([2H])c(N(c2cc(-c3ccccc3C(C)(C)C)cc(-c3ccccc3C(C)(C)C)c2F)c2ccc3ccc4c(N(c5cc(-c6ccccc6C(C)(C)C)cc(-c6ccccc6C(C)(C)C)c5F)c5c([2H])c([2H])c([2H])c([2H])c5[2H])ccc5ccc2c3c54)c([2H])c1[2H]. The highest BCUT2D eigenvalue weighted by atomic mass is 19.1. The highest BCUT2D eigenvalue weighted by Gasteiger charge is 2.31. The molecule has 0 aliphatic carbocycles. The molecular weight excluding hydrogens is 1030 g/mol. The molecule has 0 amide bonds. The average molecular weight is 1110 g/mol. The first-order valence-electron chi connectivity index (χ1n) is 33.7. The van der Waals surface area contributed by atoms with Gasteiger partial charge in [-0.1, -0.05) is 253 Å². The summed E-state index contributed by atoms with van der Waals surface area (Å²) in [7, 11) is 0. The van der Waals surface area contributed by atoms with Crippen molar-refractivity contribution in [1.82, 2.24) is 0 Å². The molecule has 0 fully saturated rings. The summed E-state index contributed by atoms with van der Waals surface area (Å²) in [4.78, 5) is 2.92. The van der Waals surface area contributed by atoms with Gasteiger partial charge < -0.3 is 9.80 Å². The van der Waals surface area contributed by atoms with Gasteiger partial charge in [0.2, 0.25) is 0 Å². The molecule has 12 aromatic rings. The maximum atomic E-state index is 19.2. The van der Waals surface area contributed by atoms with E-state index in [2.05, 4.69) is 83.1 Å². The topological polar surface area (TPSA) is 6.48 Å². The van der Waals surface area contributed by atoms with Crippen molar-refractivity contribution in [1.29, 1.82) is 0 Å². The van der Waals surface area contributed by atoms with Gasteiger partial charge in [0, 0.05) is 33.3 Å². The van der Waals surface area contributed by atoms with Crippen LogP contribution < -0.4 is 9.80 Å². The summed E-state index contributed by atoms with van der Waals surface area (Å²) in [5, 5.41) is 3.58. The van der Waals surface area contributed by atoms with Crippen molar-refractivity contribution >= 4 is 66.4 Å². The van der Waals surface area contributed by atoms with E-state index in [0.29, 0.717) is 54.6 Å². The van der Waals surface area contributed by atoms with Crippen LogP contribution in [-0.2, 0) is 21.7 Å². The maximum Gasteiger partial charge on any atom is 0.155 e. The van der Waals surface area contributed by atoms with Crippen LogP contribution in [0, 0.1) is 11.6 Å². The second-order valence-corrected chi connectivity index (χ2v) is 26.1. The van der Waals surface area contributed by atoms with Gasteiger partial charge in [0.25, 0.3) is 0 Å². The van der Waals surface area contributed by atoms with Crippen LogP contribution in [0.25, 0.3) is 76.8 Å². The Balaban J connectivity index is 1.22. The van der Waals surface area contributed by atoms with Crippen molar-refractivity contribution in [3.05, 3.63) is 264 Å². The third kappa shape index (κ3) is 10.00. The molecule has 0 unspecified atom stereocenters. The smallest absolute Gasteiger partial charge is 0.155 e. The van der Waals surface area contributed by atoms with Gasteiger partial charge in [-0.3, -0.25) is 0 Å². The number of hydrogen-bond donors (Lipinski definition) is 0. The van der Waals surface area contributed by atoms with Crippen molar-refractivity contribution in [2.45, 2.75) is 105 Å². The molecule has 0 aliphatic rings. The van der Waals surface area contributed by atoms with Gasteiger partial charge >= 0.3 is 0 Å². The van der Waals surface area contributed by atoms with Crippen LogP contribution in [0.15, 0.2) is 230 Å². The van der Waals surface area contributed by atoms with Crippen molar-refractivity contribution < 1.29 is 22.5 Å². The molecule has 0 radical (unpaired) electrons. The first-order chi connectivity index (χ1) is 44.2. The summed E-state index contributed by atoms with van der Waals surface area (Å²) in [6.45, 7) is 25.0. The molecule has 0 N–H and O–H groups in total. The number of rotatable bonds is 10. The molecule has 0 saturated carbocycles. The third-order valence-electron chi connectivity index (χ3n) is 16.3. The maximum absolute atomic E-state index is 19.2. The minimum absolute atomic E-state index is 0.0891. The fourth-order valence-electron chi connectivity index (χ4n) is 12.4. The fraction of sp³-hybridized carbons (Fsp3) is 0.200. The Kier molecular flexibility index (Phi) is 11.2. The average Bonchev–Trinajstić information content (AvgIpc) is 0.759. The van der Waals surface area contributed by atoms with E-state index in [0.717, 1.165) is 33.4 Å². The molecule has 0 spiro atoms. The number of halogens is 2. The Morgan fingerprint density at radius 1 is 0.310 bits per heavy atom. The molecule has 0 saturated heterocycles. The Hall–Kier alpha value is -8.86. The van der Waals surface area contributed by atoms with Crippen molar-refractivity contribution in [2.24, 2.45) is 0 Å². The van der Waals surface area contributed by atoms with E-state index in [1.54, 1.807) is 24.3 Å². The van der Waals surface area contributed by atoms with Crippen LogP contribution in [0.5, 0.6) is 0 Å². The van der Waals surface area contributed by atoms with Crippen molar-refractivity contribution in [3.63, 3.8) is 0 Å². The molecule has 12 aromatic carbocycles. The molecule has 0 aromatic heterocycles. The number of para-hydroxylation sites is 2. The second-order valence-electron chi connectivity index (χ2n) is 26.1. The zero-order valence-electron chi connectivity index (χ0n) is 59.8. The van der Waals surface area contributed by atoms with E-state index in [9.17, 15) is 11.0 Å². The lowest BCUT2D eigenvalue weighted by Gasteiger charge is -2.31. The third-order valence-corrected chi connectivity index (χ3v) is 16.3. The summed E-state index contributed by atoms with van der Waals surface area (Å²) in [6.07, 6.45) is 0. The summed E-state index contributed by atoms with van der Waals surface area (Å²) in [5.74, 6) is -1.41. The van der Waals surface area contributed by atoms with E-state index >= 15 is 8.78 Å². The molecule has 0 aliphatic heterocycles. The van der Waals surface area contributed by atoms with Crippen LogP contribution in [-0.4, -0.2) is 0 Å². The number of hydrogen-bond acceptors (Lipinski definition) is 2. The van der Waals surface area contributed by atoms with Gasteiger partial charge in [-0.05, 0) is 159 Å². The Morgan fingerprint density at radius 2 is 0.607 bits per heavy atom. The van der Waals surface area contributed by atoms with Crippen molar-refractivity contribution in [2.75, 3.05) is 9.80 Å². The fourth-order valence-corrected chi connectivity index (χ4v) is 12.4. The highest BCUT2D eigenvalue weighted by Crippen LogP contribution is 2.52. The van der Waals surface area contributed by atoms with Crippen LogP contribution in [0.3, 0.4) is 0 Å². The lowest BCUT2D eigenvalue weighted by atomic mass is 9.79. The Labute approximate surface area is 510 Å². The molecule has 418 valence electrons. The van der Waals surface area contributed by atoms with E-state index < -0.39 is 93.7 Å². The minimum Gasteiger partial charge on any atom is -0.307 e. The first-order valence-corrected chi connectivity index (χ1v) is 28.7. The molecule has 84 heavy (non-hydrogen) atoms. The van der Waals surface area contributed by atoms with E-state index in [1.165, 1.54) is 9.80 Å². The van der Waals surface area contributed by atoms with Crippen LogP contribution in [0.4, 0.5) is 42.9 Å². The predicted molar refractivity (Wildman–Crippen MR) is 356 cm³/mol. The molecule has 2 nitrogen and oxygen atoms in total. The monoisotopic (exact) mass is 1110 g/mol. The minimum atomic E-state index is -0.707. The summed E-state index contributed by atoms with van der Waals surface area (Å²) >= 11 is 0. The van der Waals surface area contributed by atoms with Gasteiger partial charge in [0.05, 0.1) is 36.5 Å². The van der Waals surface area contributed by atoms with Crippen LogP contribution in [0.2, 0.25) is 0 Å². The quantitative estimate of drug-likeness (QED) is 0.126. The first kappa shape index (κ1) is 44.7. The van der Waals surface area contributed by atoms with Crippen molar-refractivity contribution in [3.8, 4) is 44.5 Å². The number of nitrogens with zero attached hydrogens (tertiary/aromatic N) is 2. The molecule has 0 heterocycles. The summed E-state index contributed by atoms with van der Waals surface area (Å²) < 4.78 is 132. The zero-order chi connectivity index (χ0) is 67.7. The summed E-state index contributed by atoms with van der Waals surface area (Å²) in [5.41, 5.74) is 6.26. The lowest BCUT2D eigenvalue weighted by molar-refractivity contribution is 0.589. The van der Waals surface area contributed by atoms with Gasteiger partial charge in [-0.25, -0.2) is 8.78 Å². The lowest BCUT2D eigenvalue weighted by Crippen LogP contribution is -2.16. The van der Waals surface area contributed by atoms with E-state index in [4.69, 9.17) is 2.74 Å². The number of anilines is 6. The Morgan fingerprint density at radius 3 is 0.940 bits per heavy atom. The number of benzene rings is 12. The largest absolute Gasteiger partial charge is 0.307 e. The molecule has 4 heteroatoms. The molecule has 0 bridgehead atoms. The second kappa shape index (κ2) is 21.1. The Bertz CT molecular complexity index is 4690. The molecule has 12 rings (SSSR count). The normalized spacial score (nSPS) is 14.1. The zero-order valence-corrected chi connectivity index (χ0v) is 49.8. The van der Waals surface area contributed by atoms with Crippen LogP contribution >= 0.6 is 0 Å². The summed E-state index contributed by atoms with van der Waals surface area (Å²) in [6, 6.07) is 47.0. The van der Waals surface area contributed by atoms with E-state index in [-0.39, 0.29) is 45.3 Å².